The first kappa shape index (κ1) is 14.8. The molecular formula is C15H18N4O2. The molecule has 2 aromatic rings. The molecular weight excluding hydrogens is 268 g/mol. The van der Waals surface area contributed by atoms with Crippen LogP contribution in [0.25, 0.3) is 0 Å². The van der Waals surface area contributed by atoms with Crippen molar-refractivity contribution in [3.05, 3.63) is 52.3 Å². The predicted molar refractivity (Wildman–Crippen MR) is 79.1 cm³/mol. The summed E-state index contributed by atoms with van der Waals surface area (Å²) in [6, 6.07) is 7.10. The molecule has 0 aliphatic heterocycles. The summed E-state index contributed by atoms with van der Waals surface area (Å²) in [5, 5.41) is 12.2. The van der Waals surface area contributed by atoms with Crippen molar-refractivity contribution < 1.29 is 9.59 Å². The summed E-state index contributed by atoms with van der Waals surface area (Å²) in [4.78, 5) is 23.5. The van der Waals surface area contributed by atoms with Crippen LogP contribution in [0.4, 0.5) is 0 Å². The molecule has 2 rings (SSSR count). The minimum Gasteiger partial charge on any atom is -0.355 e. The Balaban J connectivity index is 2.00. The Morgan fingerprint density at radius 3 is 2.33 bits per heavy atom. The highest BCUT2D eigenvalue weighted by Gasteiger charge is 2.14. The molecule has 0 fully saturated rings. The molecule has 0 aliphatic carbocycles. The highest BCUT2D eigenvalue weighted by atomic mass is 16.2. The summed E-state index contributed by atoms with van der Waals surface area (Å²) in [6.45, 7) is 4.00. The molecule has 0 radical (unpaired) electrons. The van der Waals surface area contributed by atoms with E-state index >= 15 is 0 Å². The van der Waals surface area contributed by atoms with Crippen molar-refractivity contribution >= 4 is 11.8 Å². The van der Waals surface area contributed by atoms with E-state index in [4.69, 9.17) is 0 Å². The van der Waals surface area contributed by atoms with Gasteiger partial charge in [0, 0.05) is 24.8 Å². The molecule has 1 heterocycles. The smallest absolute Gasteiger partial charge is 0.255 e. The number of amides is 2. The Morgan fingerprint density at radius 1 is 1.14 bits per heavy atom. The largest absolute Gasteiger partial charge is 0.355 e. The molecule has 1 aromatic carbocycles. The third-order valence-corrected chi connectivity index (χ3v) is 3.25. The van der Waals surface area contributed by atoms with Crippen LogP contribution in [0.1, 0.15) is 37.7 Å². The van der Waals surface area contributed by atoms with Gasteiger partial charge in [-0.25, -0.2) is 0 Å². The summed E-state index contributed by atoms with van der Waals surface area (Å²) in [6.07, 6.45) is 0. The van der Waals surface area contributed by atoms with Crippen molar-refractivity contribution in [3.63, 3.8) is 0 Å². The first-order valence-electron chi connectivity index (χ1n) is 6.63. The molecule has 0 unspecified atom stereocenters. The van der Waals surface area contributed by atoms with Crippen LogP contribution in [-0.4, -0.2) is 29.1 Å². The molecule has 0 atom stereocenters. The normalized spacial score (nSPS) is 10.2. The van der Waals surface area contributed by atoms with Gasteiger partial charge in [0.2, 0.25) is 0 Å². The molecule has 0 saturated carbocycles. The van der Waals surface area contributed by atoms with E-state index in [0.717, 1.165) is 11.3 Å². The number of aromatic amines is 1. The zero-order chi connectivity index (χ0) is 15.4. The third-order valence-electron chi connectivity index (χ3n) is 3.25. The molecule has 2 amide bonds. The van der Waals surface area contributed by atoms with Gasteiger partial charge in [-0.15, -0.1) is 0 Å². The van der Waals surface area contributed by atoms with Gasteiger partial charge in [0.1, 0.15) is 0 Å². The van der Waals surface area contributed by atoms with Gasteiger partial charge in [0.05, 0.1) is 11.3 Å². The number of nitrogens with zero attached hydrogens (tertiary/aromatic N) is 1. The van der Waals surface area contributed by atoms with Crippen LogP contribution in [0.15, 0.2) is 24.3 Å². The first-order chi connectivity index (χ1) is 10.0. The number of carbonyl (C=O) groups is 2. The Bertz CT molecular complexity index is 639. The molecule has 21 heavy (non-hydrogen) atoms. The fourth-order valence-corrected chi connectivity index (χ4v) is 2.07. The van der Waals surface area contributed by atoms with Crippen molar-refractivity contribution in [2.75, 3.05) is 7.05 Å². The van der Waals surface area contributed by atoms with Crippen LogP contribution in [0, 0.1) is 13.8 Å². The van der Waals surface area contributed by atoms with E-state index in [-0.39, 0.29) is 11.8 Å². The maximum absolute atomic E-state index is 12.1. The highest BCUT2D eigenvalue weighted by Crippen LogP contribution is 2.10. The maximum Gasteiger partial charge on any atom is 0.255 e. The average molecular weight is 286 g/mol. The van der Waals surface area contributed by atoms with Gasteiger partial charge < -0.3 is 10.6 Å². The quantitative estimate of drug-likeness (QED) is 0.792. The van der Waals surface area contributed by atoms with Crippen molar-refractivity contribution in [3.8, 4) is 0 Å². The number of carbonyl (C=O) groups excluding carboxylic acids is 2. The van der Waals surface area contributed by atoms with Crippen LogP contribution in [0.5, 0.6) is 0 Å². The number of aryl methyl sites for hydroxylation is 2. The summed E-state index contributed by atoms with van der Waals surface area (Å²) in [5.74, 6) is -0.288. The van der Waals surface area contributed by atoms with Crippen LogP contribution < -0.4 is 10.6 Å². The topological polar surface area (TPSA) is 86.9 Å². The number of hydrogen-bond donors (Lipinski definition) is 3. The fraction of sp³-hybridized carbons (Fsp3) is 0.267. The Hall–Kier alpha value is -2.63. The second-order valence-corrected chi connectivity index (χ2v) is 4.77. The lowest BCUT2D eigenvalue weighted by Gasteiger charge is -2.06. The second kappa shape index (κ2) is 6.21. The number of H-pyrrole nitrogens is 1. The van der Waals surface area contributed by atoms with Gasteiger partial charge in [-0.05, 0) is 31.5 Å². The Morgan fingerprint density at radius 2 is 1.81 bits per heavy atom. The molecule has 6 nitrogen and oxygen atoms in total. The molecule has 0 bridgehead atoms. The number of rotatable bonds is 4. The van der Waals surface area contributed by atoms with Crippen molar-refractivity contribution in [1.82, 2.24) is 20.8 Å². The zero-order valence-corrected chi connectivity index (χ0v) is 12.3. The zero-order valence-electron chi connectivity index (χ0n) is 12.3. The maximum atomic E-state index is 12.1. The minimum absolute atomic E-state index is 0.129. The summed E-state index contributed by atoms with van der Waals surface area (Å²) in [7, 11) is 1.59. The second-order valence-electron chi connectivity index (χ2n) is 4.77. The van der Waals surface area contributed by atoms with E-state index in [1.54, 1.807) is 26.1 Å². The number of hydrogen-bond acceptors (Lipinski definition) is 3. The summed E-state index contributed by atoms with van der Waals surface area (Å²) in [5.41, 5.74) is 3.53. The monoisotopic (exact) mass is 286 g/mol. The first-order valence-corrected chi connectivity index (χ1v) is 6.63. The van der Waals surface area contributed by atoms with E-state index in [9.17, 15) is 9.59 Å². The third kappa shape index (κ3) is 3.28. The molecule has 0 aliphatic rings. The van der Waals surface area contributed by atoms with Crippen molar-refractivity contribution in [1.29, 1.82) is 0 Å². The minimum atomic E-state index is -0.158. The molecule has 0 saturated heterocycles. The van der Waals surface area contributed by atoms with Crippen molar-refractivity contribution in [2.45, 2.75) is 20.4 Å². The Kier molecular flexibility index (Phi) is 4.37. The van der Waals surface area contributed by atoms with Crippen molar-refractivity contribution in [2.24, 2.45) is 0 Å². The van der Waals surface area contributed by atoms with Gasteiger partial charge in [-0.3, -0.25) is 14.7 Å². The van der Waals surface area contributed by atoms with E-state index < -0.39 is 0 Å². The lowest BCUT2D eigenvalue weighted by atomic mass is 10.1. The van der Waals surface area contributed by atoms with Gasteiger partial charge >= 0.3 is 0 Å². The van der Waals surface area contributed by atoms with Crippen LogP contribution in [0.3, 0.4) is 0 Å². The van der Waals surface area contributed by atoms with Crippen LogP contribution in [0.2, 0.25) is 0 Å². The number of aromatic nitrogens is 2. The predicted octanol–water partition coefficient (Wildman–Crippen LogP) is 1.32. The lowest BCUT2D eigenvalue weighted by molar-refractivity contribution is 0.0945. The molecule has 110 valence electrons. The van der Waals surface area contributed by atoms with E-state index in [0.29, 0.717) is 23.4 Å². The van der Waals surface area contributed by atoms with Gasteiger partial charge in [-0.1, -0.05) is 12.1 Å². The lowest BCUT2D eigenvalue weighted by Crippen LogP contribution is -2.24. The fourth-order valence-electron chi connectivity index (χ4n) is 2.07. The SMILES string of the molecule is CNC(=O)c1ccc(CNC(=O)c2c(C)n[nH]c2C)cc1. The number of nitrogens with one attached hydrogen (secondary N) is 3. The molecule has 6 heteroatoms. The Labute approximate surface area is 122 Å². The van der Waals surface area contributed by atoms with E-state index in [2.05, 4.69) is 20.8 Å². The molecule has 3 N–H and O–H groups in total. The van der Waals surface area contributed by atoms with E-state index in [1.807, 2.05) is 19.1 Å². The van der Waals surface area contributed by atoms with Gasteiger partial charge in [0.25, 0.3) is 11.8 Å². The van der Waals surface area contributed by atoms with Crippen LogP contribution >= 0.6 is 0 Å². The number of benzene rings is 1. The average Bonchev–Trinajstić information content (AvgIpc) is 2.83. The van der Waals surface area contributed by atoms with Crippen LogP contribution in [-0.2, 0) is 6.54 Å². The van der Waals surface area contributed by atoms with E-state index in [1.165, 1.54) is 0 Å². The van der Waals surface area contributed by atoms with Gasteiger partial charge in [0.15, 0.2) is 0 Å². The standard InChI is InChI=1S/C15H18N4O2/c1-9-13(10(2)19-18-9)15(21)17-8-11-4-6-12(7-5-11)14(20)16-3/h4-7H,8H2,1-3H3,(H,16,20)(H,17,21)(H,18,19). The highest BCUT2D eigenvalue weighted by molar-refractivity contribution is 5.96. The summed E-state index contributed by atoms with van der Waals surface area (Å²) >= 11 is 0. The van der Waals surface area contributed by atoms with Gasteiger partial charge in [-0.2, -0.15) is 5.10 Å². The molecule has 0 spiro atoms. The summed E-state index contributed by atoms with van der Waals surface area (Å²) < 4.78 is 0. The molecule has 1 aromatic heterocycles.